The zero-order valence-corrected chi connectivity index (χ0v) is 18.0. The molecule has 0 spiro atoms. The second-order valence-electron chi connectivity index (χ2n) is 8.25. The Morgan fingerprint density at radius 2 is 1.61 bits per heavy atom. The van der Waals surface area contributed by atoms with Gasteiger partial charge in [-0.05, 0) is 23.3 Å². The van der Waals surface area contributed by atoms with Gasteiger partial charge in [-0.2, -0.15) is 0 Å². The Bertz CT molecular complexity index is 1660. The third-order valence-corrected chi connectivity index (χ3v) is 6.23. The van der Waals surface area contributed by atoms with E-state index in [2.05, 4.69) is 45.0 Å². The third kappa shape index (κ3) is 3.20. The van der Waals surface area contributed by atoms with Crippen molar-refractivity contribution in [3.63, 3.8) is 0 Å². The van der Waals surface area contributed by atoms with E-state index in [0.717, 1.165) is 50.9 Å². The van der Waals surface area contributed by atoms with Gasteiger partial charge in [0.25, 0.3) is 0 Å². The number of nitrogens with one attached hydrogen (secondary N) is 2. The smallest absolute Gasteiger partial charge is 0.330 e. The van der Waals surface area contributed by atoms with Crippen LogP contribution >= 0.6 is 0 Å². The van der Waals surface area contributed by atoms with E-state index in [1.807, 2.05) is 54.7 Å². The molecule has 0 atom stereocenters. The average Bonchev–Trinajstić information content (AvgIpc) is 3.54. The summed E-state index contributed by atoms with van der Waals surface area (Å²) in [5.41, 5.74) is 12.8. The summed E-state index contributed by atoms with van der Waals surface area (Å²) in [6, 6.07) is 24.7. The molecule has 6 heteroatoms. The largest absolute Gasteiger partial charge is 0.359 e. The minimum absolute atomic E-state index is 0.165. The maximum atomic E-state index is 12.9. The first kappa shape index (κ1) is 19.4. The van der Waals surface area contributed by atoms with Crippen LogP contribution < -0.4 is 11.4 Å². The molecule has 0 saturated heterocycles. The predicted molar refractivity (Wildman–Crippen MR) is 133 cm³/mol. The monoisotopic (exact) mass is 433 g/mol. The molecule has 0 unspecified atom stereocenters. The van der Waals surface area contributed by atoms with Gasteiger partial charge in [-0.1, -0.05) is 60.7 Å². The van der Waals surface area contributed by atoms with Crippen LogP contribution in [0, 0.1) is 0 Å². The van der Waals surface area contributed by atoms with Crippen LogP contribution in [0.2, 0.25) is 0 Å². The lowest BCUT2D eigenvalue weighted by atomic mass is 10.1. The molecule has 0 aliphatic heterocycles. The van der Waals surface area contributed by atoms with Crippen molar-refractivity contribution in [3.8, 4) is 16.9 Å². The van der Waals surface area contributed by atoms with Crippen molar-refractivity contribution in [1.29, 1.82) is 0 Å². The molecule has 3 aromatic carbocycles. The first-order valence-electron chi connectivity index (χ1n) is 11.0. The predicted octanol–water partition coefficient (Wildman–Crippen LogP) is 4.78. The van der Waals surface area contributed by atoms with Crippen molar-refractivity contribution in [2.24, 2.45) is 5.73 Å². The molecule has 6 rings (SSSR count). The van der Waals surface area contributed by atoms with Gasteiger partial charge in [0.15, 0.2) is 0 Å². The van der Waals surface area contributed by atoms with Gasteiger partial charge in [0.2, 0.25) is 0 Å². The van der Waals surface area contributed by atoms with Gasteiger partial charge in [-0.3, -0.25) is 4.57 Å². The Hall–Kier alpha value is -4.29. The van der Waals surface area contributed by atoms with Crippen molar-refractivity contribution in [2.45, 2.75) is 13.1 Å². The van der Waals surface area contributed by atoms with Gasteiger partial charge >= 0.3 is 5.69 Å². The second-order valence-corrected chi connectivity index (χ2v) is 8.25. The minimum Gasteiger partial charge on any atom is -0.359 e. The summed E-state index contributed by atoms with van der Waals surface area (Å²) in [4.78, 5) is 19.1. The van der Waals surface area contributed by atoms with Gasteiger partial charge in [-0.15, -0.1) is 0 Å². The molecule has 162 valence electrons. The molecule has 4 N–H and O–H groups in total. The number of fused-ring (bicyclic) bond motifs is 2. The van der Waals surface area contributed by atoms with E-state index in [0.29, 0.717) is 6.54 Å². The van der Waals surface area contributed by atoms with Gasteiger partial charge in [0.05, 0.1) is 11.4 Å². The quantitative estimate of drug-likeness (QED) is 0.366. The average molecular weight is 434 g/mol. The Morgan fingerprint density at radius 1 is 0.818 bits per heavy atom. The third-order valence-electron chi connectivity index (χ3n) is 6.23. The number of nitrogens with zero attached hydrogens (tertiary/aromatic N) is 2. The normalized spacial score (nSPS) is 11.5. The van der Waals surface area contributed by atoms with E-state index in [9.17, 15) is 4.79 Å². The zero-order chi connectivity index (χ0) is 22.4. The second kappa shape index (κ2) is 7.69. The summed E-state index contributed by atoms with van der Waals surface area (Å²) in [7, 11) is 0. The van der Waals surface area contributed by atoms with Crippen LogP contribution in [0.15, 0.2) is 96.2 Å². The number of nitrogens with two attached hydrogens (primary N) is 1. The summed E-state index contributed by atoms with van der Waals surface area (Å²) in [6.45, 7) is 1.24. The number of rotatable bonds is 5. The van der Waals surface area contributed by atoms with Gasteiger partial charge in [0, 0.05) is 59.0 Å². The summed E-state index contributed by atoms with van der Waals surface area (Å²) < 4.78 is 3.98. The Labute approximate surface area is 189 Å². The fourth-order valence-corrected chi connectivity index (χ4v) is 4.68. The highest BCUT2D eigenvalue weighted by molar-refractivity contribution is 5.96. The number of aromatic amines is 2. The number of hydrogen-bond acceptors (Lipinski definition) is 2. The first-order valence-corrected chi connectivity index (χ1v) is 11.0. The molecule has 0 saturated carbocycles. The molecule has 0 radical (unpaired) electrons. The SMILES string of the molecule is NCc1cccc(Cn2cc(-c3c[nH]c(=O)n3-c3c[nH]c4ccccc34)c3ccccc32)c1. The first-order chi connectivity index (χ1) is 16.2. The molecule has 6 nitrogen and oxygen atoms in total. The highest BCUT2D eigenvalue weighted by Crippen LogP contribution is 2.33. The summed E-state index contributed by atoms with van der Waals surface area (Å²) in [5.74, 6) is 0. The maximum Gasteiger partial charge on any atom is 0.330 e. The van der Waals surface area contributed by atoms with E-state index in [1.54, 1.807) is 10.8 Å². The lowest BCUT2D eigenvalue weighted by Gasteiger charge is -2.07. The van der Waals surface area contributed by atoms with Crippen LogP contribution in [0.4, 0.5) is 0 Å². The van der Waals surface area contributed by atoms with Crippen molar-refractivity contribution in [3.05, 3.63) is 113 Å². The molecule has 3 heterocycles. The maximum absolute atomic E-state index is 12.9. The molecule has 0 bridgehead atoms. The Morgan fingerprint density at radius 3 is 2.48 bits per heavy atom. The molecule has 0 aliphatic rings. The van der Waals surface area contributed by atoms with Gasteiger partial charge in [-0.25, -0.2) is 4.79 Å². The van der Waals surface area contributed by atoms with Crippen LogP contribution in [-0.4, -0.2) is 19.1 Å². The summed E-state index contributed by atoms with van der Waals surface area (Å²) >= 11 is 0. The Balaban J connectivity index is 1.53. The summed E-state index contributed by atoms with van der Waals surface area (Å²) in [5, 5.41) is 2.10. The molecule has 3 aromatic heterocycles. The van der Waals surface area contributed by atoms with Gasteiger partial charge in [0.1, 0.15) is 0 Å². The number of para-hydroxylation sites is 2. The molecule has 0 fully saturated rings. The van der Waals surface area contributed by atoms with Crippen LogP contribution in [0.5, 0.6) is 0 Å². The topological polar surface area (TPSA) is 84.5 Å². The van der Waals surface area contributed by atoms with Crippen molar-refractivity contribution >= 4 is 21.8 Å². The van der Waals surface area contributed by atoms with Crippen molar-refractivity contribution in [2.75, 3.05) is 0 Å². The van der Waals surface area contributed by atoms with Gasteiger partial charge < -0.3 is 20.3 Å². The van der Waals surface area contributed by atoms with E-state index >= 15 is 0 Å². The van der Waals surface area contributed by atoms with Crippen LogP contribution in [0.25, 0.3) is 38.8 Å². The van der Waals surface area contributed by atoms with Crippen LogP contribution in [-0.2, 0) is 13.1 Å². The molecular weight excluding hydrogens is 410 g/mol. The Kier molecular flexibility index (Phi) is 4.52. The summed E-state index contributed by atoms with van der Waals surface area (Å²) in [6.07, 6.45) is 5.82. The van der Waals surface area contributed by atoms with E-state index in [4.69, 9.17) is 5.73 Å². The minimum atomic E-state index is -0.165. The number of aromatic nitrogens is 4. The lowest BCUT2D eigenvalue weighted by molar-refractivity contribution is 0.834. The highest BCUT2D eigenvalue weighted by Gasteiger charge is 2.18. The van der Waals surface area contributed by atoms with E-state index in [1.165, 1.54) is 5.56 Å². The fraction of sp³-hybridized carbons (Fsp3) is 0.0741. The van der Waals surface area contributed by atoms with Crippen LogP contribution in [0.3, 0.4) is 0 Å². The number of hydrogen-bond donors (Lipinski definition) is 3. The molecule has 33 heavy (non-hydrogen) atoms. The molecule has 0 amide bonds. The van der Waals surface area contributed by atoms with Crippen molar-refractivity contribution < 1.29 is 0 Å². The number of benzene rings is 3. The standard InChI is InChI=1S/C27H23N5O/c28-13-18-6-5-7-19(12-18)16-31-17-22(20-8-2-4-11-24(20)31)26-15-30-27(33)32(26)25-14-29-23-10-3-1-9-21(23)25/h1-12,14-15,17,29H,13,16,28H2,(H,30,33). The van der Waals surface area contributed by atoms with Crippen LogP contribution in [0.1, 0.15) is 11.1 Å². The fourth-order valence-electron chi connectivity index (χ4n) is 4.68. The number of imidazole rings is 1. The lowest BCUT2D eigenvalue weighted by Crippen LogP contribution is -2.15. The van der Waals surface area contributed by atoms with Crippen molar-refractivity contribution in [1.82, 2.24) is 19.1 Å². The molecule has 6 aromatic rings. The molecular formula is C27H23N5O. The van der Waals surface area contributed by atoms with E-state index < -0.39 is 0 Å². The molecule has 0 aliphatic carbocycles. The highest BCUT2D eigenvalue weighted by atomic mass is 16.1. The zero-order valence-electron chi connectivity index (χ0n) is 18.0. The number of H-pyrrole nitrogens is 2. The van der Waals surface area contributed by atoms with E-state index in [-0.39, 0.29) is 5.69 Å².